The topological polar surface area (TPSA) is 38.9 Å². The van der Waals surface area contributed by atoms with Crippen molar-refractivity contribution in [2.75, 3.05) is 0 Å². The Morgan fingerprint density at radius 1 is 1.38 bits per heavy atom. The first-order chi connectivity index (χ1) is 7.78. The molecular weight excluding hydrogens is 244 g/mol. The van der Waals surface area contributed by atoms with Crippen molar-refractivity contribution in [2.24, 2.45) is 0 Å². The lowest BCUT2D eigenvalue weighted by molar-refractivity contribution is 0.405. The predicted molar refractivity (Wildman–Crippen MR) is 65.4 cm³/mol. The third-order valence-electron chi connectivity index (χ3n) is 1.84. The molecule has 16 heavy (non-hydrogen) atoms. The summed E-state index contributed by atoms with van der Waals surface area (Å²) in [5.41, 5.74) is 0. The zero-order valence-electron chi connectivity index (χ0n) is 8.39. The van der Waals surface area contributed by atoms with Gasteiger partial charge >= 0.3 is 0 Å². The van der Waals surface area contributed by atoms with Crippen LogP contribution in [0.5, 0.6) is 0 Å². The van der Waals surface area contributed by atoms with Gasteiger partial charge in [-0.1, -0.05) is 23.3 Å². The van der Waals surface area contributed by atoms with Crippen molar-refractivity contribution >= 4 is 29.4 Å². The Morgan fingerprint density at radius 2 is 2.12 bits per heavy atom. The number of halogens is 1. The highest BCUT2D eigenvalue weighted by molar-refractivity contribution is 7.98. The second-order valence-electron chi connectivity index (χ2n) is 3.00. The second kappa shape index (κ2) is 5.18. The minimum absolute atomic E-state index is 0.451. The standard InChI is InChI=1S/C11H9ClN2OS/c1-2-11-13-10(14-15-11)7-16-9-5-3-8(12)4-6-9/h2-6H,1,7H2. The monoisotopic (exact) mass is 252 g/mol. The molecule has 3 nitrogen and oxygen atoms in total. The quantitative estimate of drug-likeness (QED) is 0.779. The molecule has 5 heteroatoms. The second-order valence-corrected chi connectivity index (χ2v) is 4.48. The van der Waals surface area contributed by atoms with E-state index in [9.17, 15) is 0 Å². The molecule has 0 amide bonds. The van der Waals surface area contributed by atoms with Crippen LogP contribution in [0.2, 0.25) is 5.02 Å². The van der Waals surface area contributed by atoms with E-state index in [2.05, 4.69) is 16.7 Å². The molecule has 0 aliphatic rings. The van der Waals surface area contributed by atoms with E-state index in [1.165, 1.54) is 6.08 Å². The third kappa shape index (κ3) is 2.87. The van der Waals surface area contributed by atoms with Gasteiger partial charge in [-0.15, -0.1) is 11.8 Å². The molecule has 0 unspecified atom stereocenters. The van der Waals surface area contributed by atoms with Crippen molar-refractivity contribution in [3.63, 3.8) is 0 Å². The van der Waals surface area contributed by atoms with Crippen LogP contribution in [-0.4, -0.2) is 10.1 Å². The average molecular weight is 253 g/mol. The average Bonchev–Trinajstić information content (AvgIpc) is 2.76. The fourth-order valence-electron chi connectivity index (χ4n) is 1.09. The van der Waals surface area contributed by atoms with E-state index in [4.69, 9.17) is 16.1 Å². The molecule has 0 spiro atoms. The van der Waals surface area contributed by atoms with Crippen LogP contribution in [0, 0.1) is 0 Å². The van der Waals surface area contributed by atoms with E-state index in [0.717, 1.165) is 9.92 Å². The molecule has 1 aromatic carbocycles. The third-order valence-corrected chi connectivity index (χ3v) is 3.10. The van der Waals surface area contributed by atoms with Gasteiger partial charge in [0.05, 0.1) is 5.75 Å². The van der Waals surface area contributed by atoms with Crippen LogP contribution in [0.25, 0.3) is 6.08 Å². The van der Waals surface area contributed by atoms with Crippen LogP contribution in [0.1, 0.15) is 11.7 Å². The minimum Gasteiger partial charge on any atom is -0.335 e. The van der Waals surface area contributed by atoms with Gasteiger partial charge in [-0.05, 0) is 30.3 Å². The van der Waals surface area contributed by atoms with Crippen LogP contribution in [0.15, 0.2) is 40.3 Å². The molecule has 0 aliphatic carbocycles. The number of hydrogen-bond acceptors (Lipinski definition) is 4. The van der Waals surface area contributed by atoms with Gasteiger partial charge in [-0.25, -0.2) is 0 Å². The maximum absolute atomic E-state index is 5.79. The zero-order valence-corrected chi connectivity index (χ0v) is 9.96. The predicted octanol–water partition coefficient (Wildman–Crippen LogP) is 3.66. The molecule has 0 radical (unpaired) electrons. The molecule has 2 rings (SSSR count). The highest BCUT2D eigenvalue weighted by Gasteiger charge is 2.03. The molecule has 0 aliphatic heterocycles. The Bertz CT molecular complexity index is 481. The Morgan fingerprint density at radius 3 is 2.75 bits per heavy atom. The van der Waals surface area contributed by atoms with E-state index >= 15 is 0 Å². The Labute approximate surface area is 103 Å². The molecule has 0 saturated carbocycles. The minimum atomic E-state index is 0.451. The van der Waals surface area contributed by atoms with Gasteiger partial charge in [0.15, 0.2) is 5.82 Å². The number of benzene rings is 1. The fourth-order valence-corrected chi connectivity index (χ4v) is 1.96. The normalized spacial score (nSPS) is 10.3. The molecule has 82 valence electrons. The molecule has 0 N–H and O–H groups in total. The SMILES string of the molecule is C=Cc1nc(CSc2ccc(Cl)cc2)no1. The maximum Gasteiger partial charge on any atom is 0.250 e. The summed E-state index contributed by atoms with van der Waals surface area (Å²) in [6.07, 6.45) is 1.53. The van der Waals surface area contributed by atoms with Crippen LogP contribution in [0.4, 0.5) is 0 Å². The van der Waals surface area contributed by atoms with Gasteiger partial charge in [0.2, 0.25) is 5.89 Å². The molecule has 1 heterocycles. The Hall–Kier alpha value is -1.26. The highest BCUT2D eigenvalue weighted by atomic mass is 35.5. The summed E-state index contributed by atoms with van der Waals surface area (Å²) >= 11 is 7.42. The summed E-state index contributed by atoms with van der Waals surface area (Å²) in [6, 6.07) is 7.63. The number of thioether (sulfide) groups is 1. The van der Waals surface area contributed by atoms with Crippen molar-refractivity contribution in [2.45, 2.75) is 10.6 Å². The Kier molecular flexibility index (Phi) is 3.64. The fraction of sp³-hybridized carbons (Fsp3) is 0.0909. The van der Waals surface area contributed by atoms with Crippen LogP contribution in [-0.2, 0) is 5.75 Å². The maximum atomic E-state index is 5.79. The molecule has 0 atom stereocenters. The summed E-state index contributed by atoms with van der Waals surface area (Å²) in [4.78, 5) is 5.24. The number of hydrogen-bond donors (Lipinski definition) is 0. The molecule has 2 aromatic rings. The molecule has 0 saturated heterocycles. The van der Waals surface area contributed by atoms with E-state index in [0.29, 0.717) is 17.5 Å². The van der Waals surface area contributed by atoms with Crippen molar-refractivity contribution in [3.8, 4) is 0 Å². The van der Waals surface area contributed by atoms with Gasteiger partial charge in [0, 0.05) is 9.92 Å². The summed E-state index contributed by atoms with van der Waals surface area (Å²) in [7, 11) is 0. The van der Waals surface area contributed by atoms with Gasteiger partial charge < -0.3 is 4.52 Å². The first-order valence-electron chi connectivity index (χ1n) is 4.61. The summed E-state index contributed by atoms with van der Waals surface area (Å²) in [5, 5.41) is 4.55. The van der Waals surface area contributed by atoms with Crippen molar-refractivity contribution in [1.29, 1.82) is 0 Å². The summed E-state index contributed by atoms with van der Waals surface area (Å²) in [5.74, 6) is 1.78. The largest absolute Gasteiger partial charge is 0.335 e. The Balaban J connectivity index is 1.96. The summed E-state index contributed by atoms with van der Waals surface area (Å²) in [6.45, 7) is 3.55. The number of nitrogens with zero attached hydrogens (tertiary/aromatic N) is 2. The lowest BCUT2D eigenvalue weighted by Gasteiger charge is -1.97. The van der Waals surface area contributed by atoms with Crippen molar-refractivity contribution in [1.82, 2.24) is 10.1 Å². The van der Waals surface area contributed by atoms with E-state index in [1.807, 2.05) is 24.3 Å². The molecular formula is C11H9ClN2OS. The van der Waals surface area contributed by atoms with Crippen LogP contribution in [0.3, 0.4) is 0 Å². The molecule has 0 bridgehead atoms. The first kappa shape index (κ1) is 11.2. The smallest absolute Gasteiger partial charge is 0.250 e. The van der Waals surface area contributed by atoms with Gasteiger partial charge in [0.25, 0.3) is 0 Å². The van der Waals surface area contributed by atoms with E-state index < -0.39 is 0 Å². The summed E-state index contributed by atoms with van der Waals surface area (Å²) < 4.78 is 4.91. The first-order valence-corrected chi connectivity index (χ1v) is 5.97. The molecule has 0 fully saturated rings. The van der Waals surface area contributed by atoms with Crippen molar-refractivity contribution in [3.05, 3.63) is 47.6 Å². The van der Waals surface area contributed by atoms with Gasteiger partial charge in [0.1, 0.15) is 0 Å². The number of aromatic nitrogens is 2. The lowest BCUT2D eigenvalue weighted by atomic mass is 10.4. The van der Waals surface area contributed by atoms with E-state index in [-0.39, 0.29) is 0 Å². The number of rotatable bonds is 4. The molecule has 1 aromatic heterocycles. The van der Waals surface area contributed by atoms with Crippen LogP contribution >= 0.6 is 23.4 Å². The highest BCUT2D eigenvalue weighted by Crippen LogP contribution is 2.23. The van der Waals surface area contributed by atoms with Gasteiger partial charge in [-0.3, -0.25) is 0 Å². The van der Waals surface area contributed by atoms with Gasteiger partial charge in [-0.2, -0.15) is 4.98 Å². The van der Waals surface area contributed by atoms with E-state index in [1.54, 1.807) is 11.8 Å². The zero-order chi connectivity index (χ0) is 11.4. The van der Waals surface area contributed by atoms with Crippen LogP contribution < -0.4 is 0 Å². The van der Waals surface area contributed by atoms with Crippen molar-refractivity contribution < 1.29 is 4.52 Å². The lowest BCUT2D eigenvalue weighted by Crippen LogP contribution is -1.83.